The van der Waals surface area contributed by atoms with Gasteiger partial charge in [-0.3, -0.25) is 20.0 Å². The summed E-state index contributed by atoms with van der Waals surface area (Å²) in [7, 11) is 0. The Hall–Kier alpha value is -2.44. The predicted octanol–water partition coefficient (Wildman–Crippen LogP) is 2.39. The molecular formula is C13H16N4O3. The van der Waals surface area contributed by atoms with Gasteiger partial charge in [-0.05, 0) is 19.4 Å². The minimum absolute atomic E-state index is 0.0398. The van der Waals surface area contributed by atoms with Crippen molar-refractivity contribution in [2.75, 3.05) is 0 Å². The Kier molecular flexibility index (Phi) is 3.97. The van der Waals surface area contributed by atoms with Gasteiger partial charge in [-0.25, -0.2) is 0 Å². The van der Waals surface area contributed by atoms with E-state index in [9.17, 15) is 14.9 Å². The normalized spacial score (nSPS) is 12.3. The van der Waals surface area contributed by atoms with Crippen LogP contribution in [0.3, 0.4) is 0 Å². The van der Waals surface area contributed by atoms with Crippen LogP contribution in [-0.4, -0.2) is 27.1 Å². The van der Waals surface area contributed by atoms with Gasteiger partial charge in [0, 0.05) is 23.6 Å². The minimum atomic E-state index is -0.492. The number of nitrogens with zero attached hydrogens (tertiary/aromatic N) is 2. The highest BCUT2D eigenvalue weighted by atomic mass is 16.6. The van der Waals surface area contributed by atoms with Gasteiger partial charge >= 0.3 is 0 Å². The van der Waals surface area contributed by atoms with Crippen molar-refractivity contribution in [1.82, 2.24) is 15.5 Å². The highest BCUT2D eigenvalue weighted by Crippen LogP contribution is 2.22. The molecule has 0 unspecified atom stereocenters. The zero-order valence-electron chi connectivity index (χ0n) is 11.3. The number of rotatable bonds is 5. The number of fused-ring (bicyclic) bond motifs is 1. The third-order valence-electron chi connectivity index (χ3n) is 3.07. The van der Waals surface area contributed by atoms with E-state index in [0.717, 1.165) is 12.8 Å². The summed E-state index contributed by atoms with van der Waals surface area (Å²) in [6.07, 6.45) is 1.84. The second kappa shape index (κ2) is 5.68. The van der Waals surface area contributed by atoms with E-state index in [2.05, 4.69) is 15.5 Å². The maximum Gasteiger partial charge on any atom is 0.272 e. The quantitative estimate of drug-likeness (QED) is 0.646. The summed E-state index contributed by atoms with van der Waals surface area (Å²) in [5.41, 5.74) is 0.727. The number of hydrogen-bond donors (Lipinski definition) is 2. The van der Waals surface area contributed by atoms with Gasteiger partial charge in [0.25, 0.3) is 11.6 Å². The Labute approximate surface area is 115 Å². The van der Waals surface area contributed by atoms with E-state index in [4.69, 9.17) is 0 Å². The van der Waals surface area contributed by atoms with Crippen LogP contribution in [0.15, 0.2) is 18.2 Å². The largest absolute Gasteiger partial charge is 0.348 e. The molecule has 7 nitrogen and oxygen atoms in total. The number of carbonyl (C=O) groups is 1. The SMILES string of the molecule is CCC[C@@H](C)NC(=O)c1n[nH]c2ccc([N+](=O)[O-])cc12. The van der Waals surface area contributed by atoms with Crippen LogP contribution in [0.25, 0.3) is 10.9 Å². The number of H-pyrrole nitrogens is 1. The van der Waals surface area contributed by atoms with Crippen LogP contribution in [-0.2, 0) is 0 Å². The molecule has 0 aliphatic heterocycles. The molecule has 0 saturated heterocycles. The second-order valence-corrected chi connectivity index (χ2v) is 4.72. The topological polar surface area (TPSA) is 101 Å². The first kappa shape index (κ1) is 14.0. The van der Waals surface area contributed by atoms with Crippen LogP contribution in [0.2, 0.25) is 0 Å². The highest BCUT2D eigenvalue weighted by molar-refractivity contribution is 6.05. The predicted molar refractivity (Wildman–Crippen MR) is 74.6 cm³/mol. The molecule has 2 rings (SSSR count). The first-order chi connectivity index (χ1) is 9.52. The van der Waals surface area contributed by atoms with Crippen LogP contribution >= 0.6 is 0 Å². The fourth-order valence-corrected chi connectivity index (χ4v) is 2.09. The summed E-state index contributed by atoms with van der Waals surface area (Å²) < 4.78 is 0. The van der Waals surface area contributed by atoms with Gasteiger partial charge in [-0.1, -0.05) is 13.3 Å². The molecule has 0 aliphatic carbocycles. The smallest absolute Gasteiger partial charge is 0.272 e. The van der Waals surface area contributed by atoms with Crippen molar-refractivity contribution >= 4 is 22.5 Å². The molecule has 2 N–H and O–H groups in total. The zero-order chi connectivity index (χ0) is 14.7. The molecule has 1 aromatic carbocycles. The van der Waals surface area contributed by atoms with Crippen molar-refractivity contribution in [2.24, 2.45) is 0 Å². The molecule has 0 saturated carbocycles. The zero-order valence-corrected chi connectivity index (χ0v) is 11.3. The van der Waals surface area contributed by atoms with Gasteiger partial charge in [-0.15, -0.1) is 0 Å². The Bertz CT molecular complexity index is 650. The van der Waals surface area contributed by atoms with E-state index in [1.54, 1.807) is 6.07 Å². The minimum Gasteiger partial charge on any atom is -0.348 e. The molecule has 1 atom stereocenters. The summed E-state index contributed by atoms with van der Waals surface area (Å²) in [5, 5.41) is 20.7. The van der Waals surface area contributed by atoms with Crippen molar-refractivity contribution in [3.63, 3.8) is 0 Å². The number of aromatic amines is 1. The Morgan fingerprint density at radius 3 is 2.95 bits per heavy atom. The first-order valence-corrected chi connectivity index (χ1v) is 6.46. The highest BCUT2D eigenvalue weighted by Gasteiger charge is 2.18. The molecule has 0 aliphatic rings. The van der Waals surface area contributed by atoms with E-state index in [1.165, 1.54) is 12.1 Å². The van der Waals surface area contributed by atoms with Crippen molar-refractivity contribution < 1.29 is 9.72 Å². The van der Waals surface area contributed by atoms with Gasteiger partial charge in [0.2, 0.25) is 0 Å². The van der Waals surface area contributed by atoms with E-state index in [0.29, 0.717) is 10.9 Å². The molecule has 20 heavy (non-hydrogen) atoms. The molecule has 7 heteroatoms. The molecule has 1 aromatic heterocycles. The van der Waals surface area contributed by atoms with E-state index < -0.39 is 4.92 Å². The standard InChI is InChI=1S/C13H16N4O3/c1-3-4-8(2)14-13(18)12-10-7-9(17(19)20)5-6-11(10)15-16-12/h5-8H,3-4H2,1-2H3,(H,14,18)(H,15,16)/t8-/m1/s1. The van der Waals surface area contributed by atoms with Gasteiger partial charge in [0.05, 0.1) is 10.4 Å². The maximum atomic E-state index is 12.1. The lowest BCUT2D eigenvalue weighted by atomic mass is 10.1. The number of amides is 1. The molecule has 2 aromatic rings. The number of non-ortho nitro benzene ring substituents is 1. The van der Waals surface area contributed by atoms with Crippen LogP contribution in [0.5, 0.6) is 0 Å². The molecule has 1 amide bonds. The summed E-state index contributed by atoms with van der Waals surface area (Å²) >= 11 is 0. The summed E-state index contributed by atoms with van der Waals surface area (Å²) in [4.78, 5) is 22.4. The number of nitrogens with one attached hydrogen (secondary N) is 2. The number of nitro benzene ring substituents is 1. The van der Waals surface area contributed by atoms with Crippen LogP contribution in [0, 0.1) is 10.1 Å². The third kappa shape index (κ3) is 2.76. The lowest BCUT2D eigenvalue weighted by Gasteiger charge is -2.11. The van der Waals surface area contributed by atoms with Crippen molar-refractivity contribution in [3.05, 3.63) is 34.0 Å². The fraction of sp³-hybridized carbons (Fsp3) is 0.385. The van der Waals surface area contributed by atoms with Crippen molar-refractivity contribution in [1.29, 1.82) is 0 Å². The fourth-order valence-electron chi connectivity index (χ4n) is 2.09. The molecule has 106 valence electrons. The molecule has 0 fully saturated rings. The van der Waals surface area contributed by atoms with E-state index >= 15 is 0 Å². The first-order valence-electron chi connectivity index (χ1n) is 6.46. The molecule has 0 bridgehead atoms. The van der Waals surface area contributed by atoms with Crippen LogP contribution < -0.4 is 5.32 Å². The Morgan fingerprint density at radius 2 is 2.30 bits per heavy atom. The number of nitro groups is 1. The van der Waals surface area contributed by atoms with Gasteiger partial charge in [0.15, 0.2) is 5.69 Å². The second-order valence-electron chi connectivity index (χ2n) is 4.72. The average Bonchev–Trinajstić information content (AvgIpc) is 2.81. The molecule has 0 spiro atoms. The Morgan fingerprint density at radius 1 is 1.55 bits per heavy atom. The van der Waals surface area contributed by atoms with E-state index in [1.807, 2.05) is 13.8 Å². The lowest BCUT2D eigenvalue weighted by Crippen LogP contribution is -2.32. The maximum absolute atomic E-state index is 12.1. The molecule has 1 heterocycles. The number of hydrogen-bond acceptors (Lipinski definition) is 4. The number of benzene rings is 1. The van der Waals surface area contributed by atoms with E-state index in [-0.39, 0.29) is 23.3 Å². The summed E-state index contributed by atoms with van der Waals surface area (Å²) in [6.45, 7) is 3.95. The summed E-state index contributed by atoms with van der Waals surface area (Å²) in [6, 6.07) is 4.32. The third-order valence-corrected chi connectivity index (χ3v) is 3.07. The summed E-state index contributed by atoms with van der Waals surface area (Å²) in [5.74, 6) is -0.322. The van der Waals surface area contributed by atoms with Gasteiger partial charge in [0.1, 0.15) is 0 Å². The van der Waals surface area contributed by atoms with Crippen molar-refractivity contribution in [2.45, 2.75) is 32.7 Å². The monoisotopic (exact) mass is 276 g/mol. The Balaban J connectivity index is 2.32. The average molecular weight is 276 g/mol. The van der Waals surface area contributed by atoms with Crippen molar-refractivity contribution in [3.8, 4) is 0 Å². The molecule has 0 radical (unpaired) electrons. The number of carbonyl (C=O) groups excluding carboxylic acids is 1. The molecular weight excluding hydrogens is 260 g/mol. The van der Waals surface area contributed by atoms with Crippen LogP contribution in [0.4, 0.5) is 5.69 Å². The van der Waals surface area contributed by atoms with Gasteiger partial charge < -0.3 is 5.32 Å². The van der Waals surface area contributed by atoms with Gasteiger partial charge in [-0.2, -0.15) is 5.10 Å². The van der Waals surface area contributed by atoms with Crippen LogP contribution in [0.1, 0.15) is 37.2 Å². The number of aromatic nitrogens is 2. The lowest BCUT2D eigenvalue weighted by molar-refractivity contribution is -0.384.